The molecule has 0 radical (unpaired) electrons. The van der Waals surface area contributed by atoms with E-state index in [1.165, 1.54) is 0 Å². The Morgan fingerprint density at radius 1 is 1.14 bits per heavy atom. The minimum Gasteiger partial charge on any atom is -0.478 e. The van der Waals surface area contributed by atoms with Crippen molar-refractivity contribution >= 4 is 11.7 Å². The van der Waals surface area contributed by atoms with Crippen molar-refractivity contribution in [2.75, 3.05) is 37.7 Å². The van der Waals surface area contributed by atoms with Crippen molar-refractivity contribution in [3.8, 4) is 11.7 Å². The highest BCUT2D eigenvalue weighted by Crippen LogP contribution is 2.18. The van der Waals surface area contributed by atoms with Crippen molar-refractivity contribution in [3.05, 3.63) is 54.2 Å². The predicted molar refractivity (Wildman–Crippen MR) is 107 cm³/mol. The summed E-state index contributed by atoms with van der Waals surface area (Å²) in [6.07, 6.45) is 5.15. The van der Waals surface area contributed by atoms with Crippen LogP contribution < -0.4 is 9.64 Å². The number of aryl methyl sites for hydroxylation is 1. The van der Waals surface area contributed by atoms with Gasteiger partial charge in [-0.15, -0.1) is 0 Å². The molecule has 4 rings (SSSR count). The first-order valence-electron chi connectivity index (χ1n) is 9.63. The van der Waals surface area contributed by atoms with Crippen molar-refractivity contribution in [1.29, 1.82) is 0 Å². The molecule has 1 aliphatic rings. The molecule has 0 aliphatic carbocycles. The fraction of sp³-hybridized carbons (Fsp3) is 0.350. The average Bonchev–Trinajstić information content (AvgIpc) is 3.29. The van der Waals surface area contributed by atoms with Crippen LogP contribution in [0.2, 0.25) is 0 Å². The molecule has 29 heavy (non-hydrogen) atoms. The molecule has 1 saturated heterocycles. The van der Waals surface area contributed by atoms with Gasteiger partial charge in [0, 0.05) is 56.9 Å². The molecule has 1 amide bonds. The van der Waals surface area contributed by atoms with Gasteiger partial charge >= 0.3 is 0 Å². The number of hydrogen-bond acceptors (Lipinski definition) is 7. The van der Waals surface area contributed by atoms with E-state index in [-0.39, 0.29) is 5.91 Å². The maximum absolute atomic E-state index is 12.8. The fourth-order valence-corrected chi connectivity index (χ4v) is 3.28. The van der Waals surface area contributed by atoms with E-state index in [1.54, 1.807) is 29.2 Å². The number of amides is 1. The number of aromatic nitrogens is 5. The molecular weight excluding hydrogens is 370 g/mol. The Hall–Kier alpha value is -3.49. The molecule has 0 saturated carbocycles. The van der Waals surface area contributed by atoms with E-state index in [0.717, 1.165) is 11.6 Å². The van der Waals surface area contributed by atoms with Crippen molar-refractivity contribution in [2.24, 2.45) is 0 Å². The van der Waals surface area contributed by atoms with Gasteiger partial charge in [0.1, 0.15) is 11.6 Å². The molecular formula is C20H23N7O2. The number of ether oxygens (including phenoxy) is 1. The first kappa shape index (κ1) is 18.9. The summed E-state index contributed by atoms with van der Waals surface area (Å²) in [5.41, 5.74) is 0.570. The molecule has 3 aromatic rings. The molecule has 9 nitrogen and oxygen atoms in total. The Bertz CT molecular complexity index is 965. The summed E-state index contributed by atoms with van der Waals surface area (Å²) >= 11 is 0. The zero-order valence-electron chi connectivity index (χ0n) is 16.5. The van der Waals surface area contributed by atoms with E-state index < -0.39 is 0 Å². The van der Waals surface area contributed by atoms with Crippen LogP contribution in [0.15, 0.2) is 42.9 Å². The summed E-state index contributed by atoms with van der Waals surface area (Å²) in [5, 5.41) is 4.24. The second kappa shape index (κ2) is 8.26. The average molecular weight is 393 g/mol. The van der Waals surface area contributed by atoms with Crippen LogP contribution in [0, 0.1) is 6.92 Å². The molecule has 3 aromatic heterocycles. The van der Waals surface area contributed by atoms with E-state index in [0.29, 0.717) is 50.1 Å². The quantitative estimate of drug-likeness (QED) is 0.652. The highest BCUT2D eigenvalue weighted by molar-refractivity contribution is 5.94. The summed E-state index contributed by atoms with van der Waals surface area (Å²) in [7, 11) is 0. The van der Waals surface area contributed by atoms with Gasteiger partial charge in [-0.3, -0.25) is 4.79 Å². The van der Waals surface area contributed by atoms with Crippen molar-refractivity contribution in [2.45, 2.75) is 13.8 Å². The van der Waals surface area contributed by atoms with Gasteiger partial charge in [0.05, 0.1) is 12.2 Å². The summed E-state index contributed by atoms with van der Waals surface area (Å²) in [4.78, 5) is 30.0. The Balaban J connectivity index is 1.42. The zero-order chi connectivity index (χ0) is 20.2. The van der Waals surface area contributed by atoms with Crippen LogP contribution in [0.25, 0.3) is 5.82 Å². The number of carbonyl (C=O) groups excluding carboxylic acids is 1. The normalized spacial score (nSPS) is 14.1. The van der Waals surface area contributed by atoms with Crippen LogP contribution in [-0.2, 0) is 0 Å². The summed E-state index contributed by atoms with van der Waals surface area (Å²) < 4.78 is 7.05. The first-order valence-corrected chi connectivity index (χ1v) is 9.63. The molecule has 4 heterocycles. The molecule has 150 valence electrons. The van der Waals surface area contributed by atoms with Crippen LogP contribution in [0.3, 0.4) is 0 Å². The summed E-state index contributed by atoms with van der Waals surface area (Å²) in [5.74, 6) is 2.78. The molecule has 0 aromatic carbocycles. The van der Waals surface area contributed by atoms with Crippen LogP contribution in [0.1, 0.15) is 23.1 Å². The summed E-state index contributed by atoms with van der Waals surface area (Å²) in [6, 6.07) is 7.27. The lowest BCUT2D eigenvalue weighted by Crippen LogP contribution is -2.49. The minimum absolute atomic E-state index is 0.0173. The van der Waals surface area contributed by atoms with Gasteiger partial charge in [-0.25, -0.2) is 19.6 Å². The number of nitrogens with zero attached hydrogens (tertiary/aromatic N) is 7. The Labute approximate surface area is 169 Å². The molecule has 0 bridgehead atoms. The van der Waals surface area contributed by atoms with Gasteiger partial charge < -0.3 is 14.5 Å². The van der Waals surface area contributed by atoms with Crippen LogP contribution in [-0.4, -0.2) is 68.3 Å². The second-order valence-corrected chi connectivity index (χ2v) is 6.68. The van der Waals surface area contributed by atoms with Gasteiger partial charge in [-0.1, -0.05) is 0 Å². The minimum atomic E-state index is -0.0173. The SMILES string of the molecule is CCOc1ccc(C(=O)N2CCN(c3cc(-n4cccn4)nc(C)n3)CC2)cn1. The van der Waals surface area contributed by atoms with E-state index in [9.17, 15) is 4.79 Å². The fourth-order valence-electron chi connectivity index (χ4n) is 3.28. The van der Waals surface area contributed by atoms with E-state index in [2.05, 4.69) is 25.0 Å². The van der Waals surface area contributed by atoms with E-state index in [1.807, 2.05) is 37.1 Å². The summed E-state index contributed by atoms with van der Waals surface area (Å²) in [6.45, 7) is 6.95. The molecule has 1 fully saturated rings. The largest absolute Gasteiger partial charge is 0.478 e. The standard InChI is InChI=1S/C20H23N7O2/c1-3-29-19-6-5-16(14-21-19)20(28)26-11-9-25(10-12-26)17-13-18(24-15(2)23-17)27-8-4-7-22-27/h4-8,13-14H,3,9-12H2,1-2H3. The zero-order valence-corrected chi connectivity index (χ0v) is 16.5. The van der Waals surface area contributed by atoms with Crippen LogP contribution >= 0.6 is 0 Å². The molecule has 0 spiro atoms. The third-order valence-electron chi connectivity index (χ3n) is 4.72. The Morgan fingerprint density at radius 2 is 1.93 bits per heavy atom. The molecule has 0 atom stereocenters. The Morgan fingerprint density at radius 3 is 2.59 bits per heavy atom. The van der Waals surface area contributed by atoms with Gasteiger partial charge in [0.2, 0.25) is 5.88 Å². The maximum atomic E-state index is 12.8. The van der Waals surface area contributed by atoms with E-state index >= 15 is 0 Å². The smallest absolute Gasteiger partial charge is 0.255 e. The molecule has 0 N–H and O–H groups in total. The number of carbonyl (C=O) groups is 1. The number of piperazine rings is 1. The highest BCUT2D eigenvalue weighted by atomic mass is 16.5. The van der Waals surface area contributed by atoms with Crippen molar-refractivity contribution in [3.63, 3.8) is 0 Å². The predicted octanol–water partition coefficient (Wildman–Crippen LogP) is 1.73. The molecule has 9 heteroatoms. The third-order valence-corrected chi connectivity index (χ3v) is 4.72. The highest BCUT2D eigenvalue weighted by Gasteiger charge is 2.24. The van der Waals surface area contributed by atoms with Gasteiger partial charge in [-0.05, 0) is 26.0 Å². The number of hydrogen-bond donors (Lipinski definition) is 0. The monoisotopic (exact) mass is 393 g/mol. The topological polar surface area (TPSA) is 89.3 Å². The lowest BCUT2D eigenvalue weighted by Gasteiger charge is -2.35. The van der Waals surface area contributed by atoms with Gasteiger partial charge in [0.25, 0.3) is 5.91 Å². The van der Waals surface area contributed by atoms with Crippen molar-refractivity contribution < 1.29 is 9.53 Å². The number of anilines is 1. The lowest BCUT2D eigenvalue weighted by molar-refractivity contribution is 0.0746. The Kier molecular flexibility index (Phi) is 5.37. The van der Waals surface area contributed by atoms with Crippen molar-refractivity contribution in [1.82, 2.24) is 29.6 Å². The third kappa shape index (κ3) is 4.18. The molecule has 0 unspecified atom stereocenters. The van der Waals surface area contributed by atoms with E-state index in [4.69, 9.17) is 4.74 Å². The number of rotatable bonds is 5. The second-order valence-electron chi connectivity index (χ2n) is 6.68. The van der Waals surface area contributed by atoms with Crippen LogP contribution in [0.5, 0.6) is 5.88 Å². The lowest BCUT2D eigenvalue weighted by atomic mass is 10.2. The maximum Gasteiger partial charge on any atom is 0.255 e. The number of pyridine rings is 1. The molecule has 1 aliphatic heterocycles. The van der Waals surface area contributed by atoms with Gasteiger partial charge in [0.15, 0.2) is 5.82 Å². The van der Waals surface area contributed by atoms with Crippen LogP contribution in [0.4, 0.5) is 5.82 Å². The first-order chi connectivity index (χ1) is 14.1. The van der Waals surface area contributed by atoms with Gasteiger partial charge in [-0.2, -0.15) is 5.10 Å².